The number of methoxy groups -OCH3 is 1. The molecule has 1 aromatic heterocycles. The zero-order valence-corrected chi connectivity index (χ0v) is 19.2. The highest BCUT2D eigenvalue weighted by Crippen LogP contribution is 2.27. The zero-order valence-electron chi connectivity index (χ0n) is 19.2. The van der Waals surface area contributed by atoms with Crippen molar-refractivity contribution < 1.29 is 14.3 Å². The van der Waals surface area contributed by atoms with Crippen LogP contribution in [0, 0.1) is 0 Å². The van der Waals surface area contributed by atoms with Crippen molar-refractivity contribution in [3.8, 4) is 5.75 Å². The van der Waals surface area contributed by atoms with Gasteiger partial charge in [-0.3, -0.25) is 0 Å². The lowest BCUT2D eigenvalue weighted by atomic mass is 10.2. The molecule has 2 heterocycles. The maximum atomic E-state index is 11.9. The minimum Gasteiger partial charge on any atom is -0.497 e. The lowest BCUT2D eigenvalue weighted by Gasteiger charge is -2.22. The lowest BCUT2D eigenvalue weighted by molar-refractivity contribution is 0.0530. The Bertz CT molecular complexity index is 899. The maximum absolute atomic E-state index is 11.9. The number of nitrogens with zero attached hydrogens (tertiary/aromatic N) is 4. The van der Waals surface area contributed by atoms with Gasteiger partial charge in [-0.2, -0.15) is 4.98 Å². The molecule has 170 valence electrons. The summed E-state index contributed by atoms with van der Waals surface area (Å²) in [5.74, 6) is 2.20. The molecule has 1 aliphatic rings. The fourth-order valence-electron chi connectivity index (χ4n) is 3.41. The van der Waals surface area contributed by atoms with Gasteiger partial charge in [0.15, 0.2) is 0 Å². The molecule has 1 saturated heterocycles. The summed E-state index contributed by atoms with van der Waals surface area (Å²) in [6.45, 7) is 10.3. The summed E-state index contributed by atoms with van der Waals surface area (Å²) in [6.07, 6.45) is 0.638. The van der Waals surface area contributed by atoms with Crippen LogP contribution < -0.4 is 20.3 Å². The van der Waals surface area contributed by atoms with Crippen LogP contribution in [-0.2, 0) is 4.74 Å². The molecule has 31 heavy (non-hydrogen) atoms. The molecular weight excluding hydrogens is 396 g/mol. The number of carbonyl (C=O) groups is 1. The van der Waals surface area contributed by atoms with E-state index in [2.05, 4.69) is 27.5 Å². The molecule has 0 spiro atoms. The molecule has 9 nitrogen and oxygen atoms in total. The van der Waals surface area contributed by atoms with Crippen molar-refractivity contribution >= 4 is 28.8 Å². The number of ether oxygens (including phenoxy) is 2. The van der Waals surface area contributed by atoms with Crippen LogP contribution in [-0.4, -0.2) is 80.0 Å². The standard InChI is InChI=1S/C22H34N6O3/c1-22(2,3)31-21(29)24-10-9-23-19-17-8-7-16(30-5)15-18(17)25-20(26-19)28-12-6-11-27(4)13-14-28/h7-8,15H,6,9-14H2,1-5H3,(H,24,29)(H,23,25,26). The van der Waals surface area contributed by atoms with Gasteiger partial charge in [-0.25, -0.2) is 9.78 Å². The predicted molar refractivity (Wildman–Crippen MR) is 123 cm³/mol. The van der Waals surface area contributed by atoms with Crippen LogP contribution in [0.1, 0.15) is 27.2 Å². The van der Waals surface area contributed by atoms with Gasteiger partial charge in [0.25, 0.3) is 0 Å². The van der Waals surface area contributed by atoms with Gasteiger partial charge in [0.2, 0.25) is 5.95 Å². The molecule has 0 bridgehead atoms. The Labute approximate surface area is 184 Å². The van der Waals surface area contributed by atoms with Crippen molar-refractivity contribution in [2.45, 2.75) is 32.8 Å². The highest BCUT2D eigenvalue weighted by molar-refractivity contribution is 5.91. The summed E-state index contributed by atoms with van der Waals surface area (Å²) in [5.41, 5.74) is 0.305. The van der Waals surface area contributed by atoms with Gasteiger partial charge in [-0.15, -0.1) is 0 Å². The number of hydrogen-bond donors (Lipinski definition) is 2. The number of hydrogen-bond acceptors (Lipinski definition) is 8. The first-order chi connectivity index (χ1) is 14.7. The maximum Gasteiger partial charge on any atom is 0.407 e. The number of carbonyl (C=O) groups excluding carboxylic acids is 1. The zero-order chi connectivity index (χ0) is 22.4. The topological polar surface area (TPSA) is 91.8 Å². The first-order valence-corrected chi connectivity index (χ1v) is 10.8. The molecule has 1 aromatic carbocycles. The van der Waals surface area contributed by atoms with Gasteiger partial charge in [0.05, 0.1) is 12.6 Å². The summed E-state index contributed by atoms with van der Waals surface area (Å²) < 4.78 is 10.7. The van der Waals surface area contributed by atoms with E-state index < -0.39 is 11.7 Å². The van der Waals surface area contributed by atoms with Crippen LogP contribution in [0.2, 0.25) is 0 Å². The van der Waals surface area contributed by atoms with Crippen molar-refractivity contribution in [2.75, 3.05) is 63.6 Å². The number of rotatable bonds is 6. The summed E-state index contributed by atoms with van der Waals surface area (Å²) in [6, 6.07) is 5.78. The van der Waals surface area contributed by atoms with Gasteiger partial charge in [0, 0.05) is 44.2 Å². The highest BCUT2D eigenvalue weighted by Gasteiger charge is 2.18. The SMILES string of the molecule is COc1ccc2c(NCCNC(=O)OC(C)(C)C)nc(N3CCCN(C)CC3)nc2c1. The Kier molecular flexibility index (Phi) is 7.37. The lowest BCUT2D eigenvalue weighted by Crippen LogP contribution is -2.35. The van der Waals surface area contributed by atoms with Crippen molar-refractivity contribution in [3.63, 3.8) is 0 Å². The van der Waals surface area contributed by atoms with Crippen LogP contribution in [0.5, 0.6) is 5.75 Å². The van der Waals surface area contributed by atoms with E-state index in [-0.39, 0.29) is 0 Å². The Balaban J connectivity index is 1.76. The number of aromatic nitrogens is 2. The number of anilines is 2. The van der Waals surface area contributed by atoms with Gasteiger partial charge in [-0.05, 0) is 52.9 Å². The van der Waals surface area contributed by atoms with Crippen LogP contribution >= 0.6 is 0 Å². The molecule has 1 aliphatic heterocycles. The number of amides is 1. The second-order valence-electron chi connectivity index (χ2n) is 8.75. The van der Waals surface area contributed by atoms with Crippen molar-refractivity contribution in [3.05, 3.63) is 18.2 Å². The molecule has 2 aromatic rings. The van der Waals surface area contributed by atoms with Crippen molar-refractivity contribution in [1.82, 2.24) is 20.2 Å². The summed E-state index contributed by atoms with van der Waals surface area (Å²) in [5, 5.41) is 7.02. The molecule has 0 unspecified atom stereocenters. The van der Waals surface area contributed by atoms with Crippen molar-refractivity contribution in [1.29, 1.82) is 0 Å². The van der Waals surface area contributed by atoms with Crippen LogP contribution in [0.25, 0.3) is 10.9 Å². The third kappa shape index (κ3) is 6.58. The smallest absolute Gasteiger partial charge is 0.407 e. The first kappa shape index (κ1) is 22.9. The second kappa shape index (κ2) is 10.00. The number of nitrogens with one attached hydrogen (secondary N) is 2. The Morgan fingerprint density at radius 1 is 1.13 bits per heavy atom. The normalized spacial score (nSPS) is 15.5. The summed E-state index contributed by atoms with van der Waals surface area (Å²) >= 11 is 0. The number of fused-ring (bicyclic) bond motifs is 1. The Morgan fingerprint density at radius 3 is 2.68 bits per heavy atom. The van der Waals surface area contributed by atoms with E-state index in [1.165, 1.54) is 0 Å². The molecular formula is C22H34N6O3. The average molecular weight is 431 g/mol. The molecule has 1 amide bonds. The predicted octanol–water partition coefficient (Wildman–Crippen LogP) is 2.72. The molecule has 9 heteroatoms. The summed E-state index contributed by atoms with van der Waals surface area (Å²) in [4.78, 5) is 26.1. The molecule has 0 aliphatic carbocycles. The van der Waals surface area contributed by atoms with Crippen LogP contribution in [0.3, 0.4) is 0 Å². The number of benzene rings is 1. The van der Waals surface area contributed by atoms with E-state index in [1.54, 1.807) is 7.11 Å². The third-order valence-corrected chi connectivity index (χ3v) is 4.98. The number of likely N-dealkylation sites (N-methyl/N-ethyl adjacent to an activating group) is 1. The highest BCUT2D eigenvalue weighted by atomic mass is 16.6. The van der Waals surface area contributed by atoms with Gasteiger partial charge < -0.3 is 29.9 Å². The minimum absolute atomic E-state index is 0.417. The fraction of sp³-hybridized carbons (Fsp3) is 0.591. The van der Waals surface area contributed by atoms with Gasteiger partial charge in [-0.1, -0.05) is 0 Å². The van der Waals surface area contributed by atoms with E-state index in [9.17, 15) is 4.79 Å². The molecule has 3 rings (SSSR count). The number of alkyl carbamates (subject to hydrolysis) is 1. The molecule has 0 radical (unpaired) electrons. The van der Waals surface area contributed by atoms with E-state index in [0.717, 1.165) is 55.1 Å². The molecule has 0 atom stereocenters. The van der Waals surface area contributed by atoms with E-state index in [0.29, 0.717) is 19.0 Å². The van der Waals surface area contributed by atoms with E-state index >= 15 is 0 Å². The summed E-state index contributed by atoms with van der Waals surface area (Å²) in [7, 11) is 3.79. The quantitative estimate of drug-likeness (QED) is 0.676. The largest absolute Gasteiger partial charge is 0.497 e. The Morgan fingerprint density at radius 2 is 1.94 bits per heavy atom. The van der Waals surface area contributed by atoms with Crippen LogP contribution in [0.4, 0.5) is 16.6 Å². The van der Waals surface area contributed by atoms with Crippen LogP contribution in [0.15, 0.2) is 18.2 Å². The molecule has 1 fully saturated rings. The van der Waals surface area contributed by atoms with E-state index in [4.69, 9.17) is 19.4 Å². The van der Waals surface area contributed by atoms with Gasteiger partial charge in [0.1, 0.15) is 17.2 Å². The van der Waals surface area contributed by atoms with Gasteiger partial charge >= 0.3 is 6.09 Å². The fourth-order valence-corrected chi connectivity index (χ4v) is 3.41. The minimum atomic E-state index is -0.518. The molecule has 2 N–H and O–H groups in total. The third-order valence-electron chi connectivity index (χ3n) is 4.98. The first-order valence-electron chi connectivity index (χ1n) is 10.8. The van der Waals surface area contributed by atoms with Crippen molar-refractivity contribution in [2.24, 2.45) is 0 Å². The molecule has 0 saturated carbocycles. The second-order valence-corrected chi connectivity index (χ2v) is 8.75. The van der Waals surface area contributed by atoms with E-state index in [1.807, 2.05) is 39.0 Å². The monoisotopic (exact) mass is 430 g/mol. The average Bonchev–Trinajstić information content (AvgIpc) is 2.93. The Hall–Kier alpha value is -2.81.